The lowest BCUT2D eigenvalue weighted by Crippen LogP contribution is -2.40. The molecule has 0 heterocycles. The molecule has 1 rings (SSSR count). The number of unbranched alkanes of at least 4 members (excludes halogenated alkanes) is 1. The number of hydrogen-bond donors (Lipinski definition) is 0. The molecule has 0 saturated heterocycles. The number of carbonyl (C=O) groups is 1. The van der Waals surface area contributed by atoms with Crippen LogP contribution >= 0.6 is 0 Å². The van der Waals surface area contributed by atoms with Crippen LogP contribution in [0, 0.1) is 0 Å². The molecule has 1 aliphatic carbocycles. The van der Waals surface area contributed by atoms with E-state index in [2.05, 4.69) is 13.5 Å². The lowest BCUT2D eigenvalue weighted by Gasteiger charge is -2.31. The van der Waals surface area contributed by atoms with E-state index in [1.807, 2.05) is 5.01 Å². The van der Waals surface area contributed by atoms with Gasteiger partial charge >= 0.3 is 0 Å². The molecule has 4 heteroatoms. The fourth-order valence-corrected chi connectivity index (χ4v) is 1.41. The molecule has 1 aliphatic rings. The van der Waals surface area contributed by atoms with Crippen molar-refractivity contribution in [2.45, 2.75) is 38.6 Å². The lowest BCUT2D eigenvalue weighted by molar-refractivity contribution is -0.133. The first-order valence-corrected chi connectivity index (χ1v) is 5.49. The standard InChI is InChI=1S/C11H20N2O2/c1-4-5-8-15-10(2)13(11-6-7-11)12(3)9-14/h9,11H,2,4-8H2,1,3H3. The van der Waals surface area contributed by atoms with Gasteiger partial charge in [-0.15, -0.1) is 0 Å². The number of hydrogen-bond acceptors (Lipinski definition) is 3. The van der Waals surface area contributed by atoms with Crippen LogP contribution in [-0.4, -0.2) is 36.1 Å². The van der Waals surface area contributed by atoms with Crippen LogP contribution in [0.2, 0.25) is 0 Å². The SMILES string of the molecule is C=C(OCCCC)N(C1CC1)N(C)C=O. The average molecular weight is 212 g/mol. The van der Waals surface area contributed by atoms with E-state index in [0.29, 0.717) is 18.5 Å². The van der Waals surface area contributed by atoms with E-state index in [1.54, 1.807) is 7.05 Å². The molecule has 0 aromatic rings. The van der Waals surface area contributed by atoms with Gasteiger partial charge in [-0.1, -0.05) is 13.3 Å². The third-order valence-electron chi connectivity index (χ3n) is 2.41. The van der Waals surface area contributed by atoms with Crippen molar-refractivity contribution in [3.63, 3.8) is 0 Å². The summed E-state index contributed by atoms with van der Waals surface area (Å²) < 4.78 is 5.50. The van der Waals surface area contributed by atoms with Gasteiger partial charge in [0, 0.05) is 7.05 Å². The Morgan fingerprint density at radius 3 is 2.73 bits per heavy atom. The molecule has 4 nitrogen and oxygen atoms in total. The van der Waals surface area contributed by atoms with Crippen molar-refractivity contribution in [3.05, 3.63) is 12.5 Å². The second-order valence-corrected chi connectivity index (χ2v) is 3.85. The highest BCUT2D eigenvalue weighted by Crippen LogP contribution is 2.30. The molecule has 0 N–H and O–H groups in total. The Hall–Kier alpha value is -1.19. The van der Waals surface area contributed by atoms with Crippen LogP contribution in [0.1, 0.15) is 32.6 Å². The first-order chi connectivity index (χ1) is 7.20. The summed E-state index contributed by atoms with van der Waals surface area (Å²) in [5.74, 6) is 0.584. The van der Waals surface area contributed by atoms with Gasteiger partial charge in [-0.25, -0.2) is 5.01 Å². The van der Waals surface area contributed by atoms with Gasteiger partial charge in [-0.3, -0.25) is 9.80 Å². The van der Waals surface area contributed by atoms with E-state index in [-0.39, 0.29) is 0 Å². The van der Waals surface area contributed by atoms with E-state index in [4.69, 9.17) is 4.74 Å². The highest BCUT2D eigenvalue weighted by Gasteiger charge is 2.33. The van der Waals surface area contributed by atoms with Gasteiger partial charge in [-0.05, 0) is 25.8 Å². The Bertz CT molecular complexity index is 227. The number of rotatable bonds is 8. The van der Waals surface area contributed by atoms with Crippen LogP contribution in [0.4, 0.5) is 0 Å². The molecule has 0 aromatic heterocycles. The Morgan fingerprint density at radius 1 is 1.60 bits per heavy atom. The summed E-state index contributed by atoms with van der Waals surface area (Å²) in [5.41, 5.74) is 0. The van der Waals surface area contributed by atoms with E-state index >= 15 is 0 Å². The van der Waals surface area contributed by atoms with Crippen molar-refractivity contribution in [1.82, 2.24) is 10.0 Å². The van der Waals surface area contributed by atoms with Crippen LogP contribution < -0.4 is 0 Å². The van der Waals surface area contributed by atoms with Crippen molar-refractivity contribution in [2.75, 3.05) is 13.7 Å². The largest absolute Gasteiger partial charge is 0.478 e. The van der Waals surface area contributed by atoms with Crippen LogP contribution in [0.3, 0.4) is 0 Å². The topological polar surface area (TPSA) is 32.8 Å². The lowest BCUT2D eigenvalue weighted by atomic mass is 10.4. The monoisotopic (exact) mass is 212 g/mol. The fourth-order valence-electron chi connectivity index (χ4n) is 1.41. The maximum Gasteiger partial charge on any atom is 0.228 e. The van der Waals surface area contributed by atoms with Crippen molar-refractivity contribution in [3.8, 4) is 0 Å². The summed E-state index contributed by atoms with van der Waals surface area (Å²) in [4.78, 5) is 10.7. The minimum atomic E-state index is 0.398. The van der Waals surface area contributed by atoms with Crippen molar-refractivity contribution < 1.29 is 9.53 Å². The molecule has 0 spiro atoms. The van der Waals surface area contributed by atoms with Crippen molar-refractivity contribution in [2.24, 2.45) is 0 Å². The van der Waals surface area contributed by atoms with Crippen LogP contribution in [0.5, 0.6) is 0 Å². The second-order valence-electron chi connectivity index (χ2n) is 3.85. The van der Waals surface area contributed by atoms with Gasteiger partial charge < -0.3 is 4.74 Å². The first kappa shape index (κ1) is 11.9. The van der Waals surface area contributed by atoms with E-state index in [1.165, 1.54) is 5.01 Å². The number of carbonyl (C=O) groups excluding carboxylic acids is 1. The maximum absolute atomic E-state index is 10.7. The second kappa shape index (κ2) is 5.63. The van der Waals surface area contributed by atoms with E-state index in [9.17, 15) is 4.79 Å². The average Bonchev–Trinajstić information content (AvgIpc) is 3.02. The molecule has 0 bridgehead atoms. The minimum Gasteiger partial charge on any atom is -0.478 e. The molecule has 1 fully saturated rings. The van der Waals surface area contributed by atoms with Gasteiger partial charge in [-0.2, -0.15) is 0 Å². The zero-order valence-electron chi connectivity index (χ0n) is 9.61. The molecular formula is C11H20N2O2. The Labute approximate surface area is 91.5 Å². The van der Waals surface area contributed by atoms with Crippen LogP contribution in [0.25, 0.3) is 0 Å². The van der Waals surface area contributed by atoms with Gasteiger partial charge in [0.2, 0.25) is 12.3 Å². The number of amides is 1. The summed E-state index contributed by atoms with van der Waals surface area (Å²) in [5, 5.41) is 3.34. The first-order valence-electron chi connectivity index (χ1n) is 5.49. The van der Waals surface area contributed by atoms with Crippen LogP contribution in [0.15, 0.2) is 12.5 Å². The normalized spacial score (nSPS) is 14.5. The summed E-state index contributed by atoms with van der Waals surface area (Å²) >= 11 is 0. The Balaban J connectivity index is 2.40. The van der Waals surface area contributed by atoms with Gasteiger partial charge in [0.1, 0.15) is 0 Å². The van der Waals surface area contributed by atoms with E-state index in [0.717, 1.165) is 32.1 Å². The molecule has 1 saturated carbocycles. The Morgan fingerprint density at radius 2 is 2.27 bits per heavy atom. The molecular weight excluding hydrogens is 192 g/mol. The molecule has 0 aromatic carbocycles. The summed E-state index contributed by atoms with van der Waals surface area (Å²) in [6.07, 6.45) is 5.11. The van der Waals surface area contributed by atoms with Gasteiger partial charge in [0.05, 0.1) is 12.6 Å². The molecule has 0 unspecified atom stereocenters. The smallest absolute Gasteiger partial charge is 0.228 e. The number of ether oxygens (including phenoxy) is 1. The molecule has 86 valence electrons. The predicted molar refractivity (Wildman–Crippen MR) is 58.7 cm³/mol. The van der Waals surface area contributed by atoms with Crippen molar-refractivity contribution >= 4 is 6.41 Å². The predicted octanol–water partition coefficient (Wildman–Crippen LogP) is 1.74. The number of hydrazine groups is 1. The van der Waals surface area contributed by atoms with Crippen molar-refractivity contribution in [1.29, 1.82) is 0 Å². The quantitative estimate of drug-likeness (QED) is 0.266. The summed E-state index contributed by atoms with van der Waals surface area (Å²) in [6.45, 7) is 6.65. The van der Waals surface area contributed by atoms with E-state index < -0.39 is 0 Å². The fraction of sp³-hybridized carbons (Fsp3) is 0.727. The molecule has 0 aliphatic heterocycles. The maximum atomic E-state index is 10.7. The van der Waals surface area contributed by atoms with Gasteiger partial charge in [0.25, 0.3) is 0 Å². The molecule has 0 atom stereocenters. The molecule has 0 radical (unpaired) electrons. The zero-order valence-corrected chi connectivity index (χ0v) is 9.61. The third-order valence-corrected chi connectivity index (χ3v) is 2.41. The third kappa shape index (κ3) is 3.46. The number of nitrogens with zero attached hydrogens (tertiary/aromatic N) is 2. The minimum absolute atomic E-state index is 0.398. The van der Waals surface area contributed by atoms with Gasteiger partial charge in [0.15, 0.2) is 0 Å². The zero-order chi connectivity index (χ0) is 11.3. The highest BCUT2D eigenvalue weighted by molar-refractivity contribution is 5.46. The Kier molecular flexibility index (Phi) is 4.46. The summed E-state index contributed by atoms with van der Waals surface area (Å²) in [6, 6.07) is 0.398. The highest BCUT2D eigenvalue weighted by atomic mass is 16.5. The molecule has 15 heavy (non-hydrogen) atoms. The van der Waals surface area contributed by atoms with Crippen LogP contribution in [-0.2, 0) is 9.53 Å². The summed E-state index contributed by atoms with van der Waals surface area (Å²) in [7, 11) is 1.72. The molecule has 1 amide bonds.